The predicted octanol–water partition coefficient (Wildman–Crippen LogP) is 1.50. The van der Waals surface area contributed by atoms with E-state index in [-0.39, 0.29) is 5.75 Å². The topological polar surface area (TPSA) is 43.7 Å². The zero-order chi connectivity index (χ0) is 11.1. The first-order chi connectivity index (χ1) is 7.04. The third-order valence-electron chi connectivity index (χ3n) is 2.56. The van der Waals surface area contributed by atoms with E-state index in [1.54, 1.807) is 36.2 Å². The number of aromatic hydroxyl groups is 1. The third-order valence-corrected chi connectivity index (χ3v) is 4.25. The van der Waals surface area contributed by atoms with Crippen LogP contribution in [-0.2, 0) is 5.72 Å². The van der Waals surface area contributed by atoms with Gasteiger partial charge in [0.05, 0.1) is 5.75 Å². The number of hydrogen-bond donors (Lipinski definition) is 2. The molecule has 2 rings (SSSR count). The molecule has 1 aliphatic heterocycles. The number of aliphatic hydroxyl groups is 1. The van der Waals surface area contributed by atoms with Crippen LogP contribution in [0.3, 0.4) is 0 Å². The van der Waals surface area contributed by atoms with Gasteiger partial charge in [0.25, 0.3) is 0 Å². The number of phenolic OH excluding ortho intramolecular Hbond substituents is 1. The van der Waals surface area contributed by atoms with Crippen molar-refractivity contribution in [2.24, 2.45) is 0 Å². The molecule has 1 aromatic rings. The van der Waals surface area contributed by atoms with Gasteiger partial charge in [-0.15, -0.1) is 0 Å². The van der Waals surface area contributed by atoms with E-state index < -0.39 is 5.72 Å². The van der Waals surface area contributed by atoms with Crippen molar-refractivity contribution in [3.63, 3.8) is 0 Å². The normalized spacial score (nSPS) is 26.0. The summed E-state index contributed by atoms with van der Waals surface area (Å²) in [5.41, 5.74) is -0.301. The second-order valence-corrected chi connectivity index (χ2v) is 5.09. The Morgan fingerprint density at radius 2 is 2.00 bits per heavy atom. The fourth-order valence-corrected chi connectivity index (χ4v) is 2.87. The number of rotatable bonds is 1. The van der Waals surface area contributed by atoms with Crippen LogP contribution in [0.5, 0.6) is 5.75 Å². The second-order valence-electron chi connectivity index (χ2n) is 3.48. The van der Waals surface area contributed by atoms with E-state index >= 15 is 0 Å². The van der Waals surface area contributed by atoms with E-state index in [1.165, 1.54) is 11.8 Å². The van der Waals surface area contributed by atoms with Crippen molar-refractivity contribution in [2.75, 3.05) is 12.8 Å². The van der Waals surface area contributed by atoms with Crippen molar-refractivity contribution < 1.29 is 10.2 Å². The van der Waals surface area contributed by atoms with Crippen LogP contribution in [0.15, 0.2) is 24.3 Å². The lowest BCUT2D eigenvalue weighted by molar-refractivity contribution is -0.0336. The minimum atomic E-state index is -1.05. The summed E-state index contributed by atoms with van der Waals surface area (Å²) in [5.74, 6) is 0.714. The maximum atomic E-state index is 10.4. The molecular formula is C10H11NO2S2. The van der Waals surface area contributed by atoms with Gasteiger partial charge in [-0.3, -0.25) is 0 Å². The lowest BCUT2D eigenvalue weighted by Gasteiger charge is -2.31. The van der Waals surface area contributed by atoms with Crippen LogP contribution in [0.2, 0.25) is 0 Å². The third kappa shape index (κ3) is 1.71. The van der Waals surface area contributed by atoms with Crippen LogP contribution < -0.4 is 0 Å². The minimum Gasteiger partial charge on any atom is -0.508 e. The lowest BCUT2D eigenvalue weighted by atomic mass is 10.0. The van der Waals surface area contributed by atoms with Crippen LogP contribution in [0.25, 0.3) is 0 Å². The largest absolute Gasteiger partial charge is 0.508 e. The first-order valence-corrected chi connectivity index (χ1v) is 5.86. The van der Waals surface area contributed by atoms with E-state index in [4.69, 9.17) is 12.2 Å². The summed E-state index contributed by atoms with van der Waals surface area (Å²) in [6, 6.07) is 6.54. The number of thiocarbonyl (C=S) groups is 1. The smallest absolute Gasteiger partial charge is 0.174 e. The van der Waals surface area contributed by atoms with Gasteiger partial charge in [-0.25, -0.2) is 0 Å². The molecule has 1 unspecified atom stereocenters. The Labute approximate surface area is 97.7 Å². The van der Waals surface area contributed by atoms with Crippen molar-refractivity contribution in [3.8, 4) is 5.75 Å². The molecule has 3 nitrogen and oxygen atoms in total. The van der Waals surface area contributed by atoms with Gasteiger partial charge >= 0.3 is 0 Å². The highest BCUT2D eigenvalue weighted by molar-refractivity contribution is 8.23. The van der Waals surface area contributed by atoms with Crippen LogP contribution in [0, 0.1) is 0 Å². The summed E-state index contributed by atoms with van der Waals surface area (Å²) in [6.45, 7) is 0. The summed E-state index contributed by atoms with van der Waals surface area (Å²) >= 11 is 6.55. The number of phenols is 1. The van der Waals surface area contributed by atoms with Gasteiger partial charge in [-0.2, -0.15) is 0 Å². The van der Waals surface area contributed by atoms with Gasteiger partial charge in [0, 0.05) is 12.6 Å². The first kappa shape index (κ1) is 10.7. The molecule has 1 heterocycles. The number of benzene rings is 1. The minimum absolute atomic E-state index is 0.193. The Morgan fingerprint density at radius 3 is 2.47 bits per heavy atom. The van der Waals surface area contributed by atoms with Gasteiger partial charge in [0.2, 0.25) is 0 Å². The van der Waals surface area contributed by atoms with Crippen LogP contribution >= 0.6 is 24.0 Å². The summed E-state index contributed by atoms with van der Waals surface area (Å²) in [7, 11) is 1.77. The maximum absolute atomic E-state index is 10.4. The maximum Gasteiger partial charge on any atom is 0.174 e. The summed E-state index contributed by atoms with van der Waals surface area (Å²) in [5, 5.41) is 19.6. The van der Waals surface area contributed by atoms with Gasteiger partial charge in [0.1, 0.15) is 10.1 Å². The molecule has 0 bridgehead atoms. The molecule has 2 N–H and O–H groups in total. The monoisotopic (exact) mass is 241 g/mol. The molecule has 5 heteroatoms. The molecule has 0 saturated carbocycles. The molecule has 0 spiro atoms. The quantitative estimate of drug-likeness (QED) is 0.730. The fraction of sp³-hybridized carbons (Fsp3) is 0.300. The summed E-state index contributed by atoms with van der Waals surface area (Å²) in [6.07, 6.45) is 0. The number of nitrogens with zero attached hydrogens (tertiary/aromatic N) is 1. The molecule has 1 fully saturated rings. The Morgan fingerprint density at radius 1 is 1.40 bits per heavy atom. The van der Waals surface area contributed by atoms with E-state index in [0.29, 0.717) is 10.1 Å². The molecule has 1 atom stereocenters. The van der Waals surface area contributed by atoms with E-state index in [0.717, 1.165) is 5.56 Å². The zero-order valence-corrected chi connectivity index (χ0v) is 9.81. The molecule has 80 valence electrons. The van der Waals surface area contributed by atoms with E-state index in [9.17, 15) is 10.2 Å². The number of thioether (sulfide) groups is 1. The lowest BCUT2D eigenvalue weighted by Crippen LogP contribution is -2.41. The molecule has 0 aromatic heterocycles. The Hall–Kier alpha value is -0.780. The number of hydrogen-bond acceptors (Lipinski definition) is 4. The highest BCUT2D eigenvalue weighted by atomic mass is 32.2. The van der Waals surface area contributed by atoms with Crippen LogP contribution in [-0.4, -0.2) is 32.2 Å². The molecule has 0 radical (unpaired) electrons. The van der Waals surface area contributed by atoms with Crippen LogP contribution in [0.1, 0.15) is 5.56 Å². The average Bonchev–Trinajstić information content (AvgIpc) is 2.48. The van der Waals surface area contributed by atoms with Crippen molar-refractivity contribution in [3.05, 3.63) is 29.8 Å². The second kappa shape index (κ2) is 3.66. The Kier molecular flexibility index (Phi) is 2.62. The fourth-order valence-electron chi connectivity index (χ4n) is 1.51. The summed E-state index contributed by atoms with van der Waals surface area (Å²) in [4.78, 5) is 1.68. The highest BCUT2D eigenvalue weighted by Crippen LogP contribution is 2.37. The van der Waals surface area contributed by atoms with Crippen molar-refractivity contribution in [1.29, 1.82) is 0 Å². The van der Waals surface area contributed by atoms with Gasteiger partial charge in [-0.1, -0.05) is 36.1 Å². The molecule has 0 amide bonds. The highest BCUT2D eigenvalue weighted by Gasteiger charge is 2.41. The van der Waals surface area contributed by atoms with E-state index in [1.807, 2.05) is 0 Å². The summed E-state index contributed by atoms with van der Waals surface area (Å²) < 4.78 is 0.686. The standard InChI is InChI=1S/C10H11NO2S2/c1-11-9(14)15-6-10(11,13)7-2-4-8(12)5-3-7/h2-5,12-13H,6H2,1H3. The Bertz CT molecular complexity index is 393. The Balaban J connectivity index is 2.38. The average molecular weight is 241 g/mol. The molecule has 1 saturated heterocycles. The van der Waals surface area contributed by atoms with Crippen molar-refractivity contribution >= 4 is 28.3 Å². The SMILES string of the molecule is CN1C(=S)SCC1(O)c1ccc(O)cc1. The van der Waals surface area contributed by atoms with Gasteiger partial charge in [0.15, 0.2) is 5.72 Å². The van der Waals surface area contributed by atoms with Gasteiger partial charge < -0.3 is 15.1 Å². The van der Waals surface area contributed by atoms with Crippen molar-refractivity contribution in [1.82, 2.24) is 4.90 Å². The first-order valence-electron chi connectivity index (χ1n) is 4.46. The predicted molar refractivity (Wildman–Crippen MR) is 64.8 cm³/mol. The molecule has 1 aromatic carbocycles. The van der Waals surface area contributed by atoms with Crippen molar-refractivity contribution in [2.45, 2.75) is 5.72 Å². The zero-order valence-electron chi connectivity index (χ0n) is 8.17. The molecule has 0 aliphatic carbocycles. The molecule has 1 aliphatic rings. The van der Waals surface area contributed by atoms with Crippen LogP contribution in [0.4, 0.5) is 0 Å². The molecular weight excluding hydrogens is 230 g/mol. The van der Waals surface area contributed by atoms with E-state index in [2.05, 4.69) is 0 Å². The van der Waals surface area contributed by atoms with Gasteiger partial charge in [-0.05, 0) is 12.1 Å². The molecule has 15 heavy (non-hydrogen) atoms.